The van der Waals surface area contributed by atoms with E-state index in [1.54, 1.807) is 0 Å². The van der Waals surface area contributed by atoms with E-state index in [1.165, 1.54) is 32.5 Å². The van der Waals surface area contributed by atoms with E-state index in [1.807, 2.05) is 0 Å². The van der Waals surface area contributed by atoms with Crippen LogP contribution in [0.4, 0.5) is 0 Å². The SMILES string of the molecule is CCN1CC2(CCC(C)[N-]2)C1.[W]. The van der Waals surface area contributed by atoms with Gasteiger partial charge < -0.3 is 10.2 Å². The van der Waals surface area contributed by atoms with Crippen LogP contribution in [0, 0.1) is 0 Å². The Kier molecular flexibility index (Phi) is 3.36. The topological polar surface area (TPSA) is 17.3 Å². The Hall–Kier alpha value is 0.608. The van der Waals surface area contributed by atoms with Crippen molar-refractivity contribution in [2.45, 2.75) is 38.3 Å². The summed E-state index contributed by atoms with van der Waals surface area (Å²) >= 11 is 0. The summed E-state index contributed by atoms with van der Waals surface area (Å²) in [7, 11) is 0. The fourth-order valence-electron chi connectivity index (χ4n) is 2.32. The second-order valence-electron chi connectivity index (χ2n) is 4.04. The molecule has 1 unspecified atom stereocenters. The minimum Gasteiger partial charge on any atom is -0.652 e. The molecule has 70 valence electrons. The van der Waals surface area contributed by atoms with Gasteiger partial charge in [0.05, 0.1) is 0 Å². The average Bonchev–Trinajstić information content (AvgIpc) is 2.28. The van der Waals surface area contributed by atoms with Gasteiger partial charge in [-0.05, 0) is 19.6 Å². The van der Waals surface area contributed by atoms with Crippen LogP contribution in [0.5, 0.6) is 0 Å². The molecule has 0 aromatic heterocycles. The molecule has 0 N–H and O–H groups in total. The zero-order valence-electron chi connectivity index (χ0n) is 7.92. The molecule has 2 nitrogen and oxygen atoms in total. The third-order valence-corrected chi connectivity index (χ3v) is 3.00. The minimum absolute atomic E-state index is 0. The molecule has 2 heterocycles. The van der Waals surface area contributed by atoms with Crippen molar-refractivity contribution >= 4 is 0 Å². The summed E-state index contributed by atoms with van der Waals surface area (Å²) in [4.78, 5) is 2.47. The molecule has 2 aliphatic rings. The molecule has 0 aliphatic carbocycles. The molecule has 12 heavy (non-hydrogen) atoms. The monoisotopic (exact) mass is 337 g/mol. The van der Waals surface area contributed by atoms with Crippen LogP contribution in [-0.2, 0) is 21.1 Å². The first-order chi connectivity index (χ1) is 5.24. The van der Waals surface area contributed by atoms with Gasteiger partial charge in [-0.2, -0.15) is 0 Å². The van der Waals surface area contributed by atoms with Gasteiger partial charge in [0, 0.05) is 21.1 Å². The zero-order chi connectivity index (χ0) is 7.90. The van der Waals surface area contributed by atoms with Gasteiger partial charge in [-0.1, -0.05) is 32.2 Å². The van der Waals surface area contributed by atoms with Crippen molar-refractivity contribution in [3.8, 4) is 0 Å². The number of hydrogen-bond donors (Lipinski definition) is 0. The molecule has 2 aliphatic heterocycles. The van der Waals surface area contributed by atoms with Crippen molar-refractivity contribution in [3.63, 3.8) is 0 Å². The molecule has 0 saturated carbocycles. The van der Waals surface area contributed by atoms with Gasteiger partial charge in [0.25, 0.3) is 0 Å². The molecular formula is C9H17N2W-. The van der Waals surface area contributed by atoms with E-state index in [0.29, 0.717) is 11.6 Å². The maximum Gasteiger partial charge on any atom is 0 e. The van der Waals surface area contributed by atoms with E-state index in [9.17, 15) is 0 Å². The first-order valence-electron chi connectivity index (χ1n) is 4.68. The van der Waals surface area contributed by atoms with Crippen LogP contribution in [0.3, 0.4) is 0 Å². The van der Waals surface area contributed by atoms with Crippen LogP contribution >= 0.6 is 0 Å². The Morgan fingerprint density at radius 2 is 2.17 bits per heavy atom. The molecule has 3 heteroatoms. The molecule has 0 bridgehead atoms. The van der Waals surface area contributed by atoms with Crippen molar-refractivity contribution in [3.05, 3.63) is 5.32 Å². The quantitative estimate of drug-likeness (QED) is 0.711. The summed E-state index contributed by atoms with van der Waals surface area (Å²) in [6, 6.07) is 0.633. The smallest absolute Gasteiger partial charge is 0 e. The number of likely N-dealkylation sites (N-methyl/N-ethyl adjacent to an activating group) is 1. The predicted molar refractivity (Wildman–Crippen MR) is 46.9 cm³/mol. The van der Waals surface area contributed by atoms with E-state index in [4.69, 9.17) is 5.32 Å². The van der Waals surface area contributed by atoms with Gasteiger partial charge in [0.2, 0.25) is 0 Å². The van der Waals surface area contributed by atoms with Crippen LogP contribution in [0.25, 0.3) is 5.32 Å². The molecule has 2 saturated heterocycles. The molecule has 1 spiro atoms. The number of rotatable bonds is 1. The van der Waals surface area contributed by atoms with Crippen LogP contribution in [0.15, 0.2) is 0 Å². The van der Waals surface area contributed by atoms with Crippen molar-refractivity contribution in [2.24, 2.45) is 0 Å². The Morgan fingerprint density at radius 3 is 2.58 bits per heavy atom. The van der Waals surface area contributed by atoms with Crippen LogP contribution < -0.4 is 0 Å². The normalized spacial score (nSPS) is 33.0. The molecular weight excluding hydrogens is 320 g/mol. The largest absolute Gasteiger partial charge is 0.652 e. The van der Waals surface area contributed by atoms with E-state index in [2.05, 4.69) is 18.7 Å². The third kappa shape index (κ3) is 1.76. The van der Waals surface area contributed by atoms with Crippen LogP contribution in [-0.4, -0.2) is 36.1 Å². The minimum atomic E-state index is 0. The fourth-order valence-corrected chi connectivity index (χ4v) is 2.32. The van der Waals surface area contributed by atoms with Crippen molar-refractivity contribution in [1.82, 2.24) is 4.90 Å². The van der Waals surface area contributed by atoms with Gasteiger partial charge in [0.1, 0.15) is 0 Å². The summed E-state index contributed by atoms with van der Waals surface area (Å²) in [6.07, 6.45) is 2.65. The van der Waals surface area contributed by atoms with Crippen molar-refractivity contribution in [1.29, 1.82) is 0 Å². The summed E-state index contributed by atoms with van der Waals surface area (Å²) in [5, 5.41) is 4.78. The number of hydrogen-bond acceptors (Lipinski definition) is 1. The molecule has 1 atom stereocenters. The molecule has 0 amide bonds. The molecule has 2 fully saturated rings. The van der Waals surface area contributed by atoms with E-state index in [0.717, 1.165) is 0 Å². The van der Waals surface area contributed by atoms with Gasteiger partial charge >= 0.3 is 0 Å². The van der Waals surface area contributed by atoms with Gasteiger partial charge in [-0.25, -0.2) is 0 Å². The predicted octanol–water partition coefficient (Wildman–Crippen LogP) is 1.61. The maximum absolute atomic E-state index is 4.78. The van der Waals surface area contributed by atoms with Crippen molar-refractivity contribution in [2.75, 3.05) is 19.6 Å². The van der Waals surface area contributed by atoms with Gasteiger partial charge in [-0.15, -0.1) is 6.04 Å². The first-order valence-corrected chi connectivity index (χ1v) is 4.68. The summed E-state index contributed by atoms with van der Waals surface area (Å²) in [5.41, 5.74) is 0.412. The average molecular weight is 337 g/mol. The second kappa shape index (κ2) is 3.77. The van der Waals surface area contributed by atoms with Crippen LogP contribution in [0.1, 0.15) is 26.7 Å². The fraction of sp³-hybridized carbons (Fsp3) is 1.00. The number of likely N-dealkylation sites (tertiary alicyclic amines) is 1. The van der Waals surface area contributed by atoms with Crippen LogP contribution in [0.2, 0.25) is 0 Å². The van der Waals surface area contributed by atoms with E-state index >= 15 is 0 Å². The molecule has 2 rings (SSSR count). The summed E-state index contributed by atoms with van der Waals surface area (Å²) in [5.74, 6) is 0. The summed E-state index contributed by atoms with van der Waals surface area (Å²) < 4.78 is 0. The second-order valence-corrected chi connectivity index (χ2v) is 4.04. The molecule has 0 radical (unpaired) electrons. The Labute approximate surface area is 89.3 Å². The summed E-state index contributed by atoms with van der Waals surface area (Å²) in [6.45, 7) is 8.13. The molecule has 0 aromatic carbocycles. The van der Waals surface area contributed by atoms with Crippen molar-refractivity contribution < 1.29 is 21.1 Å². The Morgan fingerprint density at radius 1 is 1.50 bits per heavy atom. The Balaban J connectivity index is 0.000000720. The maximum atomic E-state index is 4.78. The standard InChI is InChI=1S/C9H17N2.W/c1-3-11-6-9(7-11)5-4-8(2)10-9;/h8H,3-7H2,1-2H3;/q-1;. The van der Waals surface area contributed by atoms with E-state index < -0.39 is 0 Å². The first kappa shape index (κ1) is 10.7. The third-order valence-electron chi connectivity index (χ3n) is 3.00. The van der Waals surface area contributed by atoms with Gasteiger partial charge in [-0.3, -0.25) is 0 Å². The van der Waals surface area contributed by atoms with E-state index in [-0.39, 0.29) is 21.1 Å². The van der Waals surface area contributed by atoms with Gasteiger partial charge in [0.15, 0.2) is 0 Å². The zero-order valence-corrected chi connectivity index (χ0v) is 10.8. The number of nitrogens with zero attached hydrogens (tertiary/aromatic N) is 2. The molecule has 0 aromatic rings. The Bertz CT molecular complexity index is 155.